The molecule has 1 fully saturated rings. The van der Waals surface area contributed by atoms with Crippen LogP contribution >= 0.6 is 0 Å². The lowest BCUT2D eigenvalue weighted by Crippen LogP contribution is -2.46. The summed E-state index contributed by atoms with van der Waals surface area (Å²) in [5.41, 5.74) is 2.20. The molecule has 0 N–H and O–H groups in total. The number of nitrogens with zero attached hydrogens (tertiary/aromatic N) is 2. The van der Waals surface area contributed by atoms with Crippen molar-refractivity contribution in [1.82, 2.24) is 9.80 Å². The summed E-state index contributed by atoms with van der Waals surface area (Å²) in [6.07, 6.45) is 5.63. The summed E-state index contributed by atoms with van der Waals surface area (Å²) < 4.78 is 5.39. The van der Waals surface area contributed by atoms with Crippen molar-refractivity contribution in [3.8, 4) is 0 Å². The van der Waals surface area contributed by atoms with Gasteiger partial charge in [-0.05, 0) is 33.7 Å². The average molecular weight is 306 g/mol. The minimum Gasteiger partial charge on any atom is -0.460 e. The Morgan fingerprint density at radius 2 is 1.68 bits per heavy atom. The second-order valence-electron chi connectivity index (χ2n) is 7.30. The molecular formula is C18H30N2O2. The molecule has 0 amide bonds. The zero-order valence-electron chi connectivity index (χ0n) is 14.5. The maximum Gasteiger partial charge on any atom is 0.310 e. The van der Waals surface area contributed by atoms with Gasteiger partial charge in [0.1, 0.15) is 5.60 Å². The Hall–Kier alpha value is -1.13. The van der Waals surface area contributed by atoms with E-state index in [1.54, 1.807) is 0 Å². The van der Waals surface area contributed by atoms with Crippen LogP contribution in [0.25, 0.3) is 0 Å². The van der Waals surface area contributed by atoms with Crippen LogP contribution in [0.4, 0.5) is 0 Å². The third kappa shape index (κ3) is 5.58. The van der Waals surface area contributed by atoms with Crippen LogP contribution in [-0.2, 0) is 9.53 Å². The molecule has 1 heterocycles. The van der Waals surface area contributed by atoms with Crippen LogP contribution in [0.5, 0.6) is 0 Å². The Bertz CT molecular complexity index is 452. The van der Waals surface area contributed by atoms with Gasteiger partial charge in [0, 0.05) is 32.7 Å². The molecule has 2 rings (SSSR count). The van der Waals surface area contributed by atoms with Gasteiger partial charge in [-0.15, -0.1) is 0 Å². The van der Waals surface area contributed by atoms with Crippen LogP contribution in [-0.4, -0.2) is 60.6 Å². The Balaban J connectivity index is 1.70. The van der Waals surface area contributed by atoms with Gasteiger partial charge in [0.25, 0.3) is 0 Å². The van der Waals surface area contributed by atoms with E-state index in [-0.39, 0.29) is 5.97 Å². The standard InChI is InChI=1S/C18H30N2O2/c1-5-19-8-10-20(11-9-19)14-16-7-6-15(12-16)13-17(21)22-18(2,3)4/h6-7H,5,8-14H2,1-4H3. The molecule has 0 bridgehead atoms. The molecule has 0 aromatic carbocycles. The first kappa shape index (κ1) is 17.2. The lowest BCUT2D eigenvalue weighted by molar-refractivity contribution is -0.153. The predicted octanol–water partition coefficient (Wildman–Crippen LogP) is 2.61. The zero-order valence-corrected chi connectivity index (χ0v) is 14.5. The number of likely N-dealkylation sites (N-methyl/N-ethyl adjacent to an activating group) is 1. The highest BCUT2D eigenvalue weighted by molar-refractivity contribution is 5.73. The largest absolute Gasteiger partial charge is 0.460 e. The molecule has 4 nitrogen and oxygen atoms in total. The van der Waals surface area contributed by atoms with Gasteiger partial charge in [0.15, 0.2) is 0 Å². The van der Waals surface area contributed by atoms with Crippen LogP contribution in [0, 0.1) is 0 Å². The maximum absolute atomic E-state index is 11.9. The Morgan fingerprint density at radius 3 is 2.27 bits per heavy atom. The number of rotatable bonds is 5. The van der Waals surface area contributed by atoms with Crippen molar-refractivity contribution >= 4 is 5.97 Å². The van der Waals surface area contributed by atoms with Crippen molar-refractivity contribution in [3.63, 3.8) is 0 Å². The molecule has 0 spiro atoms. The number of piperazine rings is 1. The van der Waals surface area contributed by atoms with E-state index in [0.29, 0.717) is 6.42 Å². The van der Waals surface area contributed by atoms with E-state index in [1.807, 2.05) is 20.8 Å². The Labute approximate surface area is 134 Å². The molecule has 4 heteroatoms. The normalized spacial score (nSPS) is 20.7. The molecule has 0 saturated carbocycles. The summed E-state index contributed by atoms with van der Waals surface area (Å²) >= 11 is 0. The van der Waals surface area contributed by atoms with Gasteiger partial charge >= 0.3 is 5.97 Å². The van der Waals surface area contributed by atoms with Crippen molar-refractivity contribution in [2.75, 3.05) is 39.3 Å². The van der Waals surface area contributed by atoms with E-state index in [4.69, 9.17) is 4.74 Å². The van der Waals surface area contributed by atoms with Gasteiger partial charge in [0.05, 0.1) is 6.42 Å². The van der Waals surface area contributed by atoms with Crippen LogP contribution in [0.2, 0.25) is 0 Å². The molecule has 0 unspecified atom stereocenters. The Kier molecular flexibility index (Phi) is 5.81. The lowest BCUT2D eigenvalue weighted by Gasteiger charge is -2.34. The summed E-state index contributed by atoms with van der Waals surface area (Å²) in [6, 6.07) is 0. The number of carbonyl (C=O) groups excluding carboxylic acids is 1. The van der Waals surface area contributed by atoms with Crippen molar-refractivity contribution in [2.24, 2.45) is 0 Å². The third-order valence-corrected chi connectivity index (χ3v) is 4.14. The molecule has 1 aliphatic heterocycles. The topological polar surface area (TPSA) is 32.8 Å². The summed E-state index contributed by atoms with van der Waals surface area (Å²) in [4.78, 5) is 16.9. The van der Waals surface area contributed by atoms with E-state index in [2.05, 4.69) is 28.9 Å². The zero-order chi connectivity index (χ0) is 16.2. The number of esters is 1. The van der Waals surface area contributed by atoms with Crippen molar-refractivity contribution in [2.45, 2.75) is 46.1 Å². The monoisotopic (exact) mass is 306 g/mol. The summed E-state index contributed by atoms with van der Waals surface area (Å²) in [5.74, 6) is -0.120. The first-order valence-electron chi connectivity index (χ1n) is 8.40. The minimum atomic E-state index is -0.397. The van der Waals surface area contributed by atoms with Gasteiger partial charge in [-0.2, -0.15) is 0 Å². The molecule has 0 radical (unpaired) electrons. The quantitative estimate of drug-likeness (QED) is 0.731. The number of carbonyl (C=O) groups is 1. The van der Waals surface area contributed by atoms with Crippen molar-refractivity contribution < 1.29 is 9.53 Å². The predicted molar refractivity (Wildman–Crippen MR) is 89.8 cm³/mol. The number of hydrogen-bond donors (Lipinski definition) is 0. The van der Waals surface area contributed by atoms with Crippen LogP contribution in [0.3, 0.4) is 0 Å². The van der Waals surface area contributed by atoms with Gasteiger partial charge in [0.2, 0.25) is 0 Å². The highest BCUT2D eigenvalue weighted by Gasteiger charge is 2.21. The summed E-state index contributed by atoms with van der Waals surface area (Å²) in [5, 5.41) is 0. The number of ether oxygens (including phenoxy) is 1. The first-order chi connectivity index (χ1) is 10.4. The number of allylic oxidation sites excluding steroid dienone is 2. The molecule has 2 aliphatic rings. The Morgan fingerprint density at radius 1 is 1.09 bits per heavy atom. The van der Waals surface area contributed by atoms with Crippen LogP contribution < -0.4 is 0 Å². The maximum atomic E-state index is 11.9. The van der Waals surface area contributed by atoms with E-state index in [9.17, 15) is 4.79 Å². The molecule has 0 aromatic rings. The molecule has 0 atom stereocenters. The summed E-state index contributed by atoms with van der Waals surface area (Å²) in [7, 11) is 0. The second-order valence-corrected chi connectivity index (χ2v) is 7.30. The average Bonchev–Trinajstić information content (AvgIpc) is 2.84. The van der Waals surface area contributed by atoms with Gasteiger partial charge < -0.3 is 9.64 Å². The van der Waals surface area contributed by atoms with E-state index in [0.717, 1.165) is 32.6 Å². The summed E-state index contributed by atoms with van der Waals surface area (Å²) in [6.45, 7) is 14.8. The first-order valence-corrected chi connectivity index (χ1v) is 8.40. The molecule has 1 saturated heterocycles. The lowest BCUT2D eigenvalue weighted by atomic mass is 10.1. The third-order valence-electron chi connectivity index (χ3n) is 4.14. The smallest absolute Gasteiger partial charge is 0.310 e. The van der Waals surface area contributed by atoms with E-state index in [1.165, 1.54) is 24.2 Å². The van der Waals surface area contributed by atoms with E-state index >= 15 is 0 Å². The molecule has 124 valence electrons. The highest BCUT2D eigenvalue weighted by Crippen LogP contribution is 2.24. The van der Waals surface area contributed by atoms with Crippen LogP contribution in [0.1, 0.15) is 40.5 Å². The van der Waals surface area contributed by atoms with Crippen molar-refractivity contribution in [1.29, 1.82) is 0 Å². The van der Waals surface area contributed by atoms with Crippen LogP contribution in [0.15, 0.2) is 23.3 Å². The second kappa shape index (κ2) is 7.42. The fourth-order valence-corrected chi connectivity index (χ4v) is 2.99. The highest BCUT2D eigenvalue weighted by atomic mass is 16.6. The molecular weight excluding hydrogens is 276 g/mol. The van der Waals surface area contributed by atoms with Gasteiger partial charge in [-0.3, -0.25) is 9.69 Å². The molecule has 0 aromatic heterocycles. The van der Waals surface area contributed by atoms with Crippen molar-refractivity contribution in [3.05, 3.63) is 23.3 Å². The SMILES string of the molecule is CCN1CCN(CC2=CC=C(CC(=O)OC(C)(C)C)C2)CC1. The van der Waals surface area contributed by atoms with Gasteiger partial charge in [-0.1, -0.05) is 30.2 Å². The molecule has 22 heavy (non-hydrogen) atoms. The molecule has 1 aliphatic carbocycles. The van der Waals surface area contributed by atoms with E-state index < -0.39 is 5.60 Å². The number of hydrogen-bond acceptors (Lipinski definition) is 4. The van der Waals surface area contributed by atoms with Gasteiger partial charge in [-0.25, -0.2) is 0 Å². The minimum absolute atomic E-state index is 0.120. The fourth-order valence-electron chi connectivity index (χ4n) is 2.99. The fraction of sp³-hybridized carbons (Fsp3) is 0.722.